The number of nitrogens with two attached hydrogens (primary N) is 1. The second-order valence-electron chi connectivity index (χ2n) is 11.9. The molecule has 2 aromatic heterocycles. The van der Waals surface area contributed by atoms with E-state index in [1.54, 1.807) is 0 Å². The molecule has 1 fully saturated rings. The zero-order valence-corrected chi connectivity index (χ0v) is 28.3. The Bertz CT molecular complexity index is 2040. The molecule has 4 rings (SSSR count). The number of aliphatic carboxylic acids is 3. The number of nitrogens with zero attached hydrogens (tertiary/aromatic N) is 4. The normalized spacial score (nSPS) is 14.8. The monoisotopic (exact) mass is 753 g/mol. The highest BCUT2D eigenvalue weighted by atomic mass is 16.4. The Morgan fingerprint density at radius 1 is 0.889 bits per heavy atom. The number of carboxylic acids is 3. The van der Waals surface area contributed by atoms with Gasteiger partial charge in [-0.1, -0.05) is 0 Å². The van der Waals surface area contributed by atoms with Crippen molar-refractivity contribution in [2.24, 2.45) is 0 Å². The molecule has 0 saturated carbocycles. The first-order chi connectivity index (χ1) is 25.5. The lowest BCUT2D eigenvalue weighted by Gasteiger charge is -2.22. The summed E-state index contributed by atoms with van der Waals surface area (Å²) in [4.78, 5) is 126. The van der Waals surface area contributed by atoms with Crippen LogP contribution in [0.1, 0.15) is 41.7 Å². The number of carboxylic acid groups (broad SMARTS) is 3. The summed E-state index contributed by atoms with van der Waals surface area (Å²) in [5.41, 5.74) is 5.86. The van der Waals surface area contributed by atoms with Gasteiger partial charge in [0.1, 0.15) is 18.1 Å². The van der Waals surface area contributed by atoms with Crippen LogP contribution in [0, 0.1) is 0 Å². The summed E-state index contributed by atoms with van der Waals surface area (Å²) in [7, 11) is 1.39. The third kappa shape index (κ3) is 10.9. The Labute approximate surface area is 303 Å². The van der Waals surface area contributed by atoms with Gasteiger partial charge in [0, 0.05) is 31.3 Å². The fraction of sp³-hybridized carbons (Fsp3) is 0.355. The molecule has 0 aliphatic carbocycles. The average molecular weight is 754 g/mol. The van der Waals surface area contributed by atoms with Crippen LogP contribution in [0.2, 0.25) is 0 Å². The Morgan fingerprint density at radius 2 is 1.56 bits per heavy atom. The first-order valence-corrected chi connectivity index (χ1v) is 16.0. The number of hydrogen-bond acceptors (Lipinski definition) is 14. The fourth-order valence-electron chi connectivity index (χ4n) is 5.04. The van der Waals surface area contributed by atoms with Crippen molar-refractivity contribution >= 4 is 70.2 Å². The molecule has 1 aliphatic heterocycles. The number of carbonyl (C=O) groups is 8. The number of benzene rings is 1. The zero-order chi connectivity index (χ0) is 39.7. The van der Waals surface area contributed by atoms with Crippen molar-refractivity contribution in [3.05, 3.63) is 52.1 Å². The molecular formula is C31H35N11O12. The largest absolute Gasteiger partial charge is 0.481 e. The van der Waals surface area contributed by atoms with Gasteiger partial charge >= 0.3 is 17.9 Å². The third-order valence-corrected chi connectivity index (χ3v) is 7.82. The number of nitrogens with one attached hydrogen (secondary N) is 6. The van der Waals surface area contributed by atoms with E-state index in [9.17, 15) is 58.5 Å². The lowest BCUT2D eigenvalue weighted by atomic mass is 10.1. The number of fused-ring (bicyclic) bond motifs is 1. The van der Waals surface area contributed by atoms with Crippen molar-refractivity contribution in [2.45, 2.75) is 56.4 Å². The minimum absolute atomic E-state index is 0.00543. The van der Waals surface area contributed by atoms with Crippen LogP contribution < -0.4 is 37.9 Å². The van der Waals surface area contributed by atoms with Crippen molar-refractivity contribution in [3.8, 4) is 0 Å². The molecule has 23 heteroatoms. The number of nitrogen functional groups attached to an aromatic ring is 1. The molecule has 1 saturated heterocycles. The standard InChI is InChI=1S/C31H35N11O12/c1-33-20(43)6-16-12-42(16)29(52)18(9-23(47)48)38-27(50)17(8-22(45)46)37-21(44)7-19(30(53)54)39-26(49)13-2-4-14(5-3-13)34-10-15-11-35-25-24(36-15)28(51)41-31(32)40-25/h2-5,11,16-19,34H,6-10,12H2,1H3,(H,33,43)(H,37,44)(H,38,50)(H,39,49)(H,45,46)(H,47,48)(H,53,54)(H3,32,35,40,41,51)/t16?,17-,18-,19-,42?/m0/s1. The summed E-state index contributed by atoms with van der Waals surface area (Å²) in [6.07, 6.45) is -1.56. The lowest BCUT2D eigenvalue weighted by Crippen LogP contribution is -2.54. The number of amides is 5. The minimum Gasteiger partial charge on any atom is -0.481 e. The third-order valence-electron chi connectivity index (χ3n) is 7.82. The number of H-pyrrole nitrogens is 1. The maximum absolute atomic E-state index is 13.0. The predicted octanol–water partition coefficient (Wildman–Crippen LogP) is -3.25. The molecule has 3 heterocycles. The van der Waals surface area contributed by atoms with Crippen LogP contribution in [0.3, 0.4) is 0 Å². The Balaban J connectivity index is 1.34. The van der Waals surface area contributed by atoms with Gasteiger partial charge < -0.3 is 52.5 Å². The molecule has 0 radical (unpaired) electrons. The second kappa shape index (κ2) is 17.3. The minimum atomic E-state index is -1.88. The maximum atomic E-state index is 13.0. The zero-order valence-electron chi connectivity index (χ0n) is 28.3. The Hall–Kier alpha value is -7.20. The first kappa shape index (κ1) is 39.6. The molecule has 4 atom stereocenters. The maximum Gasteiger partial charge on any atom is 0.326 e. The SMILES string of the molecule is CNC(=O)CC1CN1C(=O)[C@H](CC(=O)O)NC(=O)[C@H](CC(=O)O)NC(=O)C[C@H](NC(=O)c1ccc(NCc2cnc3nc(N)[nH]c(=O)c3n2)cc1)C(=O)O. The van der Waals surface area contributed by atoms with E-state index >= 15 is 0 Å². The van der Waals surface area contributed by atoms with Gasteiger partial charge in [-0.25, -0.2) is 14.8 Å². The molecule has 0 spiro atoms. The van der Waals surface area contributed by atoms with Crippen molar-refractivity contribution in [1.82, 2.24) is 46.1 Å². The van der Waals surface area contributed by atoms with E-state index in [0.29, 0.717) is 11.4 Å². The molecule has 3 aromatic rings. The second-order valence-corrected chi connectivity index (χ2v) is 11.9. The summed E-state index contributed by atoms with van der Waals surface area (Å²) in [5.74, 6) is -9.34. The van der Waals surface area contributed by atoms with Gasteiger partial charge in [-0.15, -0.1) is 0 Å². The van der Waals surface area contributed by atoms with E-state index in [1.807, 2.05) is 0 Å². The fourth-order valence-corrected chi connectivity index (χ4v) is 5.04. The van der Waals surface area contributed by atoms with Crippen molar-refractivity contribution in [3.63, 3.8) is 0 Å². The van der Waals surface area contributed by atoms with E-state index < -0.39 is 90.5 Å². The molecular weight excluding hydrogens is 718 g/mol. The smallest absolute Gasteiger partial charge is 0.326 e. The highest BCUT2D eigenvalue weighted by Crippen LogP contribution is 2.23. The molecule has 0 bridgehead atoms. The number of anilines is 2. The molecule has 1 aromatic carbocycles. The average Bonchev–Trinajstić information content (AvgIpc) is 3.87. The van der Waals surface area contributed by atoms with Crippen molar-refractivity contribution in [1.29, 1.82) is 0 Å². The van der Waals surface area contributed by atoms with Gasteiger partial charge in [0.25, 0.3) is 11.5 Å². The molecule has 286 valence electrons. The van der Waals surface area contributed by atoms with Gasteiger partial charge in [0.05, 0.1) is 43.7 Å². The van der Waals surface area contributed by atoms with E-state index in [1.165, 1.54) is 37.5 Å². The van der Waals surface area contributed by atoms with Crippen LogP contribution in [0.4, 0.5) is 11.6 Å². The molecule has 23 nitrogen and oxygen atoms in total. The number of hydrogen-bond donors (Lipinski definition) is 10. The summed E-state index contributed by atoms with van der Waals surface area (Å²) in [6, 6.07) is -0.269. The van der Waals surface area contributed by atoms with Gasteiger partial charge in [0.15, 0.2) is 11.2 Å². The van der Waals surface area contributed by atoms with E-state index in [2.05, 4.69) is 46.5 Å². The highest BCUT2D eigenvalue weighted by molar-refractivity contribution is 5.99. The Morgan fingerprint density at radius 3 is 2.19 bits per heavy atom. The predicted molar refractivity (Wildman–Crippen MR) is 182 cm³/mol. The summed E-state index contributed by atoms with van der Waals surface area (Å²) < 4.78 is 0. The number of aromatic nitrogens is 4. The summed E-state index contributed by atoms with van der Waals surface area (Å²) in [5, 5.41) is 40.1. The van der Waals surface area contributed by atoms with E-state index in [0.717, 1.165) is 4.90 Å². The number of rotatable bonds is 18. The highest BCUT2D eigenvalue weighted by Gasteiger charge is 2.43. The van der Waals surface area contributed by atoms with Crippen LogP contribution in [0.25, 0.3) is 11.2 Å². The van der Waals surface area contributed by atoms with Crippen molar-refractivity contribution < 1.29 is 53.7 Å². The van der Waals surface area contributed by atoms with Gasteiger partial charge in [0.2, 0.25) is 29.6 Å². The molecule has 1 aliphatic rings. The van der Waals surface area contributed by atoms with E-state index in [-0.39, 0.29) is 48.1 Å². The quantitative estimate of drug-likeness (QED) is 0.0570. The lowest BCUT2D eigenvalue weighted by molar-refractivity contribution is -0.144. The van der Waals surface area contributed by atoms with Crippen LogP contribution in [0.15, 0.2) is 35.3 Å². The van der Waals surface area contributed by atoms with Crippen molar-refractivity contribution in [2.75, 3.05) is 24.6 Å². The summed E-state index contributed by atoms with van der Waals surface area (Å²) >= 11 is 0. The van der Waals surface area contributed by atoms with Gasteiger partial charge in [-0.3, -0.25) is 43.3 Å². The molecule has 1 unspecified atom stereocenters. The number of aromatic amines is 1. The van der Waals surface area contributed by atoms with Gasteiger partial charge in [-0.2, -0.15) is 4.98 Å². The van der Waals surface area contributed by atoms with Crippen LogP contribution in [-0.4, -0.2) is 125 Å². The molecule has 11 N–H and O–H groups in total. The van der Waals surface area contributed by atoms with Crippen LogP contribution in [-0.2, 0) is 40.1 Å². The topological polar surface area (TPSA) is 358 Å². The first-order valence-electron chi connectivity index (χ1n) is 16.0. The van der Waals surface area contributed by atoms with E-state index in [4.69, 9.17) is 5.73 Å². The summed E-state index contributed by atoms with van der Waals surface area (Å²) in [6.45, 7) is 0.224. The van der Waals surface area contributed by atoms with Gasteiger partial charge in [-0.05, 0) is 24.3 Å². The van der Waals surface area contributed by atoms with Crippen LogP contribution in [0.5, 0.6) is 0 Å². The molecule has 54 heavy (non-hydrogen) atoms. The number of carbonyl (C=O) groups excluding carboxylic acids is 5. The van der Waals surface area contributed by atoms with Crippen LogP contribution >= 0.6 is 0 Å². The Kier molecular flexibility index (Phi) is 12.7. The molecule has 5 amide bonds.